The lowest BCUT2D eigenvalue weighted by Gasteiger charge is -2.25. The van der Waals surface area contributed by atoms with E-state index in [4.69, 9.17) is 5.11 Å². The Labute approximate surface area is 120 Å². The van der Waals surface area contributed by atoms with E-state index in [0.29, 0.717) is 12.3 Å². The van der Waals surface area contributed by atoms with Gasteiger partial charge in [0.15, 0.2) is 0 Å². The minimum absolute atomic E-state index is 0.0264. The second-order valence-electron chi connectivity index (χ2n) is 4.69. The van der Waals surface area contributed by atoms with Crippen molar-refractivity contribution in [2.45, 2.75) is 26.3 Å². The van der Waals surface area contributed by atoms with Crippen molar-refractivity contribution in [3.63, 3.8) is 0 Å². The van der Waals surface area contributed by atoms with Crippen molar-refractivity contribution in [3.8, 4) is 0 Å². The molecule has 0 atom stereocenters. The maximum atomic E-state index is 12.0. The van der Waals surface area contributed by atoms with Crippen molar-refractivity contribution in [1.29, 1.82) is 0 Å². The molecule has 0 saturated carbocycles. The lowest BCUT2D eigenvalue weighted by atomic mass is 10.2. The highest BCUT2D eigenvalue weighted by Crippen LogP contribution is 2.09. The van der Waals surface area contributed by atoms with E-state index >= 15 is 0 Å². The van der Waals surface area contributed by atoms with Crippen LogP contribution in [0.3, 0.4) is 0 Å². The van der Waals surface area contributed by atoms with Crippen LogP contribution >= 0.6 is 11.8 Å². The van der Waals surface area contributed by atoms with Crippen LogP contribution in [0.4, 0.5) is 0 Å². The van der Waals surface area contributed by atoms with Crippen LogP contribution in [0.25, 0.3) is 0 Å². The molecule has 0 fully saturated rings. The third kappa shape index (κ3) is 6.12. The number of amides is 1. The Morgan fingerprint density at radius 2 is 2.00 bits per heavy atom. The third-order valence-electron chi connectivity index (χ3n) is 2.89. The van der Waals surface area contributed by atoms with Gasteiger partial charge in [-0.2, -0.15) is 11.8 Å². The Kier molecular flexibility index (Phi) is 7.60. The molecule has 0 bridgehead atoms. The van der Waals surface area contributed by atoms with Gasteiger partial charge in [0.25, 0.3) is 0 Å². The fraction of sp³-hybridized carbons (Fsp3) is 0.533. The second kappa shape index (κ2) is 8.99. The zero-order valence-electron chi connectivity index (χ0n) is 11.7. The summed E-state index contributed by atoms with van der Waals surface area (Å²) in [7, 11) is 0. The molecule has 0 saturated heterocycles. The number of thioether (sulfide) groups is 1. The molecule has 0 aliphatic rings. The monoisotopic (exact) mass is 281 g/mol. The minimum atomic E-state index is 0.0264. The molecular weight excluding hydrogens is 258 g/mol. The number of benzene rings is 1. The lowest BCUT2D eigenvalue weighted by Crippen LogP contribution is -2.40. The summed E-state index contributed by atoms with van der Waals surface area (Å²) in [5.41, 5.74) is 1.30. The van der Waals surface area contributed by atoms with Gasteiger partial charge >= 0.3 is 0 Å². The fourth-order valence-corrected chi connectivity index (χ4v) is 2.72. The van der Waals surface area contributed by atoms with E-state index in [9.17, 15) is 4.79 Å². The highest BCUT2D eigenvalue weighted by atomic mass is 32.2. The van der Waals surface area contributed by atoms with Gasteiger partial charge in [0.05, 0.1) is 12.4 Å². The van der Waals surface area contributed by atoms with Crippen LogP contribution in [-0.2, 0) is 11.2 Å². The van der Waals surface area contributed by atoms with Crippen LogP contribution in [0.5, 0.6) is 0 Å². The second-order valence-corrected chi connectivity index (χ2v) is 5.80. The molecule has 19 heavy (non-hydrogen) atoms. The maximum Gasteiger partial charge on any atom is 0.232 e. The Bertz CT molecular complexity index is 368. The first-order valence-electron chi connectivity index (χ1n) is 6.67. The molecule has 0 spiro atoms. The molecule has 1 aromatic carbocycles. The van der Waals surface area contributed by atoms with E-state index in [-0.39, 0.29) is 18.6 Å². The Balaban J connectivity index is 2.26. The molecule has 0 radical (unpaired) electrons. The summed E-state index contributed by atoms with van der Waals surface area (Å²) in [6, 6.07) is 10.4. The van der Waals surface area contributed by atoms with Gasteiger partial charge in [-0.1, -0.05) is 30.3 Å². The average molecular weight is 281 g/mol. The standard InChI is InChI=1S/C15H23NO2S/c1-13(2)16(9-10-17)15(18)12-19-11-8-14-6-4-3-5-7-14/h3-7,13,17H,8-12H2,1-2H3. The molecule has 0 aliphatic carbocycles. The molecule has 3 nitrogen and oxygen atoms in total. The fourth-order valence-electron chi connectivity index (χ4n) is 1.86. The van der Waals surface area contributed by atoms with Crippen LogP contribution in [0.1, 0.15) is 19.4 Å². The summed E-state index contributed by atoms with van der Waals surface area (Å²) >= 11 is 1.65. The van der Waals surface area contributed by atoms with Crippen LogP contribution < -0.4 is 0 Å². The van der Waals surface area contributed by atoms with Crippen molar-refractivity contribution in [3.05, 3.63) is 35.9 Å². The molecular formula is C15H23NO2S. The molecule has 4 heteroatoms. The average Bonchev–Trinajstić information content (AvgIpc) is 2.41. The Morgan fingerprint density at radius 1 is 1.32 bits per heavy atom. The van der Waals surface area contributed by atoms with Crippen LogP contribution in [-0.4, -0.2) is 46.6 Å². The topological polar surface area (TPSA) is 40.5 Å². The van der Waals surface area contributed by atoms with E-state index in [1.807, 2.05) is 32.0 Å². The summed E-state index contributed by atoms with van der Waals surface area (Å²) in [5.74, 6) is 1.55. The number of carbonyl (C=O) groups excluding carboxylic acids is 1. The van der Waals surface area contributed by atoms with Crippen molar-refractivity contribution in [2.24, 2.45) is 0 Å². The maximum absolute atomic E-state index is 12.0. The number of rotatable bonds is 8. The number of aliphatic hydroxyl groups is 1. The highest BCUT2D eigenvalue weighted by molar-refractivity contribution is 7.99. The zero-order valence-corrected chi connectivity index (χ0v) is 12.5. The Morgan fingerprint density at radius 3 is 2.58 bits per heavy atom. The predicted molar refractivity (Wildman–Crippen MR) is 81.4 cm³/mol. The third-order valence-corrected chi connectivity index (χ3v) is 3.83. The molecule has 0 unspecified atom stereocenters. The van der Waals surface area contributed by atoms with Gasteiger partial charge in [-0.3, -0.25) is 4.79 Å². The van der Waals surface area contributed by atoms with Gasteiger partial charge in [0, 0.05) is 12.6 Å². The first-order valence-corrected chi connectivity index (χ1v) is 7.82. The summed E-state index contributed by atoms with van der Waals surface area (Å²) in [5, 5.41) is 8.95. The number of nitrogens with zero attached hydrogens (tertiary/aromatic N) is 1. The summed E-state index contributed by atoms with van der Waals surface area (Å²) in [6.07, 6.45) is 0.987. The molecule has 1 aromatic rings. The molecule has 0 heterocycles. The normalized spacial score (nSPS) is 10.7. The van der Waals surface area contributed by atoms with Crippen molar-refractivity contribution in [1.82, 2.24) is 4.90 Å². The van der Waals surface area contributed by atoms with Crippen LogP contribution in [0.15, 0.2) is 30.3 Å². The SMILES string of the molecule is CC(C)N(CCO)C(=O)CSCCc1ccccc1. The number of hydrogen-bond donors (Lipinski definition) is 1. The largest absolute Gasteiger partial charge is 0.395 e. The van der Waals surface area contributed by atoms with Gasteiger partial charge in [0.1, 0.15) is 0 Å². The first kappa shape index (κ1) is 16.1. The van der Waals surface area contributed by atoms with Gasteiger partial charge in [0.2, 0.25) is 5.91 Å². The number of carbonyl (C=O) groups is 1. The summed E-state index contributed by atoms with van der Waals surface area (Å²) in [4.78, 5) is 13.7. The van der Waals surface area contributed by atoms with E-state index in [2.05, 4.69) is 12.1 Å². The number of aryl methyl sites for hydroxylation is 1. The molecule has 1 amide bonds. The van der Waals surface area contributed by atoms with Gasteiger partial charge in [-0.25, -0.2) is 0 Å². The zero-order chi connectivity index (χ0) is 14.1. The quantitative estimate of drug-likeness (QED) is 0.743. The first-order chi connectivity index (χ1) is 9.15. The molecule has 1 N–H and O–H groups in total. The van der Waals surface area contributed by atoms with Gasteiger partial charge < -0.3 is 10.0 Å². The lowest BCUT2D eigenvalue weighted by molar-refractivity contribution is -0.130. The van der Waals surface area contributed by atoms with Crippen molar-refractivity contribution < 1.29 is 9.90 Å². The van der Waals surface area contributed by atoms with Crippen molar-refractivity contribution >= 4 is 17.7 Å². The molecule has 1 rings (SSSR count). The summed E-state index contributed by atoms with van der Waals surface area (Å²) < 4.78 is 0. The summed E-state index contributed by atoms with van der Waals surface area (Å²) in [6.45, 7) is 4.40. The highest BCUT2D eigenvalue weighted by Gasteiger charge is 2.15. The molecule has 0 aliphatic heterocycles. The van der Waals surface area contributed by atoms with Gasteiger partial charge in [-0.15, -0.1) is 0 Å². The Hall–Kier alpha value is -1.00. The van der Waals surface area contributed by atoms with E-state index < -0.39 is 0 Å². The number of hydrogen-bond acceptors (Lipinski definition) is 3. The smallest absolute Gasteiger partial charge is 0.232 e. The molecule has 106 valence electrons. The van der Waals surface area contributed by atoms with Gasteiger partial charge in [-0.05, 0) is 31.6 Å². The van der Waals surface area contributed by atoms with E-state index in [1.165, 1.54) is 5.56 Å². The predicted octanol–water partition coefficient (Wildman–Crippen LogP) is 2.19. The van der Waals surface area contributed by atoms with Crippen LogP contribution in [0.2, 0.25) is 0 Å². The van der Waals surface area contributed by atoms with E-state index in [0.717, 1.165) is 12.2 Å². The van der Waals surface area contributed by atoms with Crippen LogP contribution in [0, 0.1) is 0 Å². The van der Waals surface area contributed by atoms with E-state index in [1.54, 1.807) is 16.7 Å². The number of aliphatic hydroxyl groups excluding tert-OH is 1. The van der Waals surface area contributed by atoms with Crippen molar-refractivity contribution in [2.75, 3.05) is 24.7 Å². The minimum Gasteiger partial charge on any atom is -0.395 e. The molecule has 0 aromatic heterocycles.